The molecule has 0 aliphatic heterocycles. The number of hydrogen-bond donors (Lipinski definition) is 0. The molecule has 20 heavy (non-hydrogen) atoms. The van der Waals surface area contributed by atoms with Crippen molar-refractivity contribution in [3.63, 3.8) is 0 Å². The normalized spacial score (nSPS) is 10.8. The second kappa shape index (κ2) is 16.3. The Labute approximate surface area is 152 Å². The quantitative estimate of drug-likeness (QED) is 0.307. The predicted octanol–water partition coefficient (Wildman–Crippen LogP) is -2.23. The number of hydrogen-bond acceptors (Lipinski definition) is 0. The van der Waals surface area contributed by atoms with Crippen LogP contribution in [0.15, 0.2) is 0 Å². The number of quaternary nitrogens is 2. The van der Waals surface area contributed by atoms with Gasteiger partial charge in [-0.15, -0.1) is 0 Å². The van der Waals surface area contributed by atoms with Crippen molar-refractivity contribution in [1.29, 1.82) is 0 Å². The first-order valence-electron chi connectivity index (χ1n) is 8.19. The summed E-state index contributed by atoms with van der Waals surface area (Å²) in [6.07, 6.45) is 0. The second-order valence-electron chi connectivity index (χ2n) is 5.21. The molecule has 0 aliphatic rings. The lowest BCUT2D eigenvalue weighted by atomic mass is 10.3. The van der Waals surface area contributed by atoms with Gasteiger partial charge in [-0.25, -0.2) is 0 Å². The Bertz CT molecular complexity index is 126. The lowest BCUT2D eigenvalue weighted by molar-refractivity contribution is -0.921. The average molecular weight is 423 g/mol. The molecule has 0 fully saturated rings. The average Bonchev–Trinajstić information content (AvgIpc) is 2.46. The van der Waals surface area contributed by atoms with E-state index in [-0.39, 0.29) is 36.4 Å². The molecule has 0 N–H and O–H groups in total. The van der Waals surface area contributed by atoms with Crippen molar-refractivity contribution >= 4 is 0 Å². The number of rotatable bonds is 8. The van der Waals surface area contributed by atoms with Gasteiger partial charge in [0, 0.05) is 0 Å². The van der Waals surface area contributed by atoms with Crippen molar-refractivity contribution in [2.24, 2.45) is 0 Å². The van der Waals surface area contributed by atoms with Crippen LogP contribution in [-0.2, 0) is 0 Å². The molecule has 0 saturated heterocycles. The monoisotopic (exact) mass is 422 g/mol. The van der Waals surface area contributed by atoms with E-state index >= 15 is 0 Å². The molecule has 0 radical (unpaired) electrons. The molecule has 0 saturated carbocycles. The van der Waals surface area contributed by atoms with Crippen LogP contribution in [0.2, 0.25) is 0 Å². The Morgan fingerprint density at radius 1 is 0.400 bits per heavy atom. The maximum absolute atomic E-state index is 2.27. The Morgan fingerprint density at radius 2 is 0.500 bits per heavy atom. The van der Waals surface area contributed by atoms with Gasteiger partial charge in [-0.3, -0.25) is 0 Å². The van der Waals surface area contributed by atoms with Crippen molar-refractivity contribution in [2.75, 3.05) is 52.4 Å². The number of nitrogens with zero attached hydrogens (tertiary/aromatic N) is 2. The molecule has 0 aliphatic carbocycles. The third-order valence-corrected chi connectivity index (χ3v) is 5.37. The van der Waals surface area contributed by atoms with Gasteiger partial charge < -0.3 is 45.3 Å². The van der Waals surface area contributed by atoms with E-state index in [1.54, 1.807) is 0 Å². The summed E-state index contributed by atoms with van der Waals surface area (Å²) >= 11 is 0. The van der Waals surface area contributed by atoms with Crippen LogP contribution < -0.4 is 36.4 Å². The first-order chi connectivity index (χ1) is 8.49. The maximum atomic E-state index is 2.27. The van der Waals surface area contributed by atoms with Crippen molar-refractivity contribution in [1.82, 2.24) is 0 Å². The standard InChI is InChI=1S/2C8H20N.ClH.HI/c2*1-5-9(6-2,7-3)8-4;;/h2*5-8H2,1-4H3;2*1H/q2*+1;;/p-2. The Balaban J connectivity index is -0.000000116. The van der Waals surface area contributed by atoms with E-state index < -0.39 is 0 Å². The summed E-state index contributed by atoms with van der Waals surface area (Å²) in [6, 6.07) is 0. The lowest BCUT2D eigenvalue weighted by Gasteiger charge is -2.34. The van der Waals surface area contributed by atoms with Gasteiger partial charge in [-0.05, 0) is 55.4 Å². The van der Waals surface area contributed by atoms with Crippen LogP contribution in [0.4, 0.5) is 0 Å². The van der Waals surface area contributed by atoms with Crippen LogP contribution in [0.25, 0.3) is 0 Å². The fourth-order valence-electron chi connectivity index (χ4n) is 2.68. The van der Waals surface area contributed by atoms with E-state index in [1.165, 1.54) is 61.3 Å². The molecule has 128 valence electrons. The Hall–Kier alpha value is 0.940. The van der Waals surface area contributed by atoms with Crippen molar-refractivity contribution in [3.05, 3.63) is 0 Å². The SMILES string of the molecule is CC[N+](CC)(CC)CC.CC[N+](CC)(CC)CC.[Cl-].[I-]. The zero-order valence-electron chi connectivity index (χ0n) is 15.3. The highest BCUT2D eigenvalue weighted by Gasteiger charge is 2.16. The van der Waals surface area contributed by atoms with Crippen LogP contribution in [0.1, 0.15) is 55.4 Å². The van der Waals surface area contributed by atoms with Gasteiger partial charge >= 0.3 is 0 Å². The summed E-state index contributed by atoms with van der Waals surface area (Å²) in [5.41, 5.74) is 0. The van der Waals surface area contributed by atoms with E-state index in [0.29, 0.717) is 0 Å². The molecule has 2 nitrogen and oxygen atoms in total. The molecule has 0 amide bonds. The van der Waals surface area contributed by atoms with Gasteiger partial charge in [0.05, 0.1) is 52.4 Å². The molecule has 0 spiro atoms. The maximum Gasteiger partial charge on any atom is 0.0757 e. The first kappa shape index (κ1) is 29.0. The van der Waals surface area contributed by atoms with E-state index in [9.17, 15) is 0 Å². The van der Waals surface area contributed by atoms with Crippen LogP contribution in [0, 0.1) is 0 Å². The molecule has 0 bridgehead atoms. The minimum Gasteiger partial charge on any atom is -1.00 e. The molecular formula is C16H40ClIN2. The zero-order valence-corrected chi connectivity index (χ0v) is 18.2. The van der Waals surface area contributed by atoms with Crippen LogP contribution in [-0.4, -0.2) is 61.3 Å². The molecular weight excluding hydrogens is 383 g/mol. The highest BCUT2D eigenvalue weighted by molar-refractivity contribution is 4.31. The van der Waals surface area contributed by atoms with Gasteiger partial charge in [0.1, 0.15) is 0 Å². The number of halogens is 2. The van der Waals surface area contributed by atoms with Crippen molar-refractivity contribution in [2.45, 2.75) is 55.4 Å². The first-order valence-corrected chi connectivity index (χ1v) is 8.19. The molecule has 0 unspecified atom stereocenters. The summed E-state index contributed by atoms with van der Waals surface area (Å²) in [5, 5.41) is 0. The Morgan fingerprint density at radius 3 is 0.500 bits per heavy atom. The molecule has 0 rings (SSSR count). The van der Waals surface area contributed by atoms with Gasteiger partial charge in [0.15, 0.2) is 0 Å². The molecule has 0 aromatic carbocycles. The summed E-state index contributed by atoms with van der Waals surface area (Å²) < 4.78 is 2.56. The molecule has 0 heterocycles. The third kappa shape index (κ3) is 9.80. The van der Waals surface area contributed by atoms with Crippen molar-refractivity contribution in [3.8, 4) is 0 Å². The lowest BCUT2D eigenvalue weighted by Crippen LogP contribution is -3.00. The highest BCUT2D eigenvalue weighted by Crippen LogP contribution is 2.03. The van der Waals surface area contributed by atoms with Gasteiger partial charge in [0.2, 0.25) is 0 Å². The van der Waals surface area contributed by atoms with Crippen molar-refractivity contribution < 1.29 is 45.3 Å². The summed E-state index contributed by atoms with van der Waals surface area (Å²) in [4.78, 5) is 0. The van der Waals surface area contributed by atoms with Gasteiger partial charge in [0.25, 0.3) is 0 Å². The minimum absolute atomic E-state index is 0. The van der Waals surface area contributed by atoms with Gasteiger partial charge in [-0.2, -0.15) is 0 Å². The Kier molecular flexibility index (Phi) is 23.7. The largest absolute Gasteiger partial charge is 1.00 e. The van der Waals surface area contributed by atoms with Crippen LogP contribution in [0.3, 0.4) is 0 Å². The van der Waals surface area contributed by atoms with Crippen LogP contribution in [0.5, 0.6) is 0 Å². The topological polar surface area (TPSA) is 0 Å². The van der Waals surface area contributed by atoms with E-state index in [1.807, 2.05) is 0 Å². The van der Waals surface area contributed by atoms with Crippen LogP contribution >= 0.6 is 0 Å². The zero-order chi connectivity index (χ0) is 14.7. The minimum atomic E-state index is 0. The van der Waals surface area contributed by atoms with E-state index in [2.05, 4.69) is 55.4 Å². The molecule has 4 heteroatoms. The fourth-order valence-corrected chi connectivity index (χ4v) is 2.68. The molecule has 0 aromatic rings. The van der Waals surface area contributed by atoms with E-state index in [4.69, 9.17) is 0 Å². The molecule has 0 aromatic heterocycles. The highest BCUT2D eigenvalue weighted by atomic mass is 127. The second-order valence-corrected chi connectivity index (χ2v) is 5.21. The van der Waals surface area contributed by atoms with Gasteiger partial charge in [-0.1, -0.05) is 0 Å². The molecule has 0 atom stereocenters. The fraction of sp³-hybridized carbons (Fsp3) is 1.00. The third-order valence-electron chi connectivity index (χ3n) is 5.37. The smallest absolute Gasteiger partial charge is 0.0757 e. The summed E-state index contributed by atoms with van der Waals surface area (Å²) in [7, 11) is 0. The summed E-state index contributed by atoms with van der Waals surface area (Å²) in [5.74, 6) is 0. The predicted molar refractivity (Wildman–Crippen MR) is 84.8 cm³/mol. The van der Waals surface area contributed by atoms with E-state index in [0.717, 1.165) is 0 Å². The summed E-state index contributed by atoms with van der Waals surface area (Å²) in [6.45, 7) is 28.4.